The predicted molar refractivity (Wildman–Crippen MR) is 137 cm³/mol. The third kappa shape index (κ3) is 4.87. The van der Waals surface area contributed by atoms with Gasteiger partial charge in [-0.2, -0.15) is 9.61 Å². The van der Waals surface area contributed by atoms with Crippen molar-refractivity contribution in [2.24, 2.45) is 0 Å². The minimum atomic E-state index is -0.603. The molecular formula is C25H26FN9O3. The average Bonchev–Trinajstić information content (AvgIpc) is 3.61. The molecule has 3 aromatic rings. The first kappa shape index (κ1) is 23.9. The molecule has 3 fully saturated rings. The molecule has 0 radical (unpaired) electrons. The first-order valence-electron chi connectivity index (χ1n) is 12.5. The Bertz CT molecular complexity index is 1470. The van der Waals surface area contributed by atoms with Gasteiger partial charge in [-0.3, -0.25) is 14.9 Å². The maximum atomic E-state index is 15.1. The Hall–Kier alpha value is -4.52. The molecule has 0 bridgehead atoms. The third-order valence-corrected chi connectivity index (χ3v) is 6.55. The molecule has 2 saturated heterocycles. The SMILES string of the molecule is O=C1NC(=O)/C(=C/c2cnn3c(NC4CC4)cc(Nc4ccc(C(=O)N5CCCNCC5)cc4F)nc23)N1. The second-order valence-electron chi connectivity index (χ2n) is 9.46. The van der Waals surface area contributed by atoms with Crippen LogP contribution in [0, 0.1) is 5.82 Å². The molecule has 0 atom stereocenters. The zero-order valence-corrected chi connectivity index (χ0v) is 20.4. The van der Waals surface area contributed by atoms with Crippen LogP contribution in [0.4, 0.5) is 26.5 Å². The molecule has 3 aliphatic rings. The highest BCUT2D eigenvalue weighted by Crippen LogP contribution is 2.29. The highest BCUT2D eigenvalue weighted by Gasteiger charge is 2.26. The number of carbonyl (C=O) groups is 3. The minimum Gasteiger partial charge on any atom is -0.367 e. The van der Waals surface area contributed by atoms with Gasteiger partial charge in [-0.1, -0.05) is 0 Å². The van der Waals surface area contributed by atoms with E-state index < -0.39 is 17.8 Å². The molecule has 0 unspecified atom stereocenters. The van der Waals surface area contributed by atoms with Crippen molar-refractivity contribution in [2.75, 3.05) is 36.8 Å². The van der Waals surface area contributed by atoms with Crippen LogP contribution >= 0.6 is 0 Å². The van der Waals surface area contributed by atoms with E-state index in [-0.39, 0.29) is 22.9 Å². The molecule has 2 aliphatic heterocycles. The zero-order chi connectivity index (χ0) is 26.2. The number of benzene rings is 1. The summed E-state index contributed by atoms with van der Waals surface area (Å²) in [6.07, 6.45) is 5.92. The average molecular weight is 520 g/mol. The molecular weight excluding hydrogens is 493 g/mol. The third-order valence-electron chi connectivity index (χ3n) is 6.55. The van der Waals surface area contributed by atoms with Crippen LogP contribution in [-0.2, 0) is 4.79 Å². The van der Waals surface area contributed by atoms with Crippen molar-refractivity contribution in [1.29, 1.82) is 0 Å². The lowest BCUT2D eigenvalue weighted by Gasteiger charge is -2.20. The van der Waals surface area contributed by atoms with E-state index in [1.165, 1.54) is 24.4 Å². The number of fused-ring (bicyclic) bond motifs is 1. The molecule has 5 N–H and O–H groups in total. The van der Waals surface area contributed by atoms with Crippen LogP contribution in [0.15, 0.2) is 36.2 Å². The number of hydrogen-bond donors (Lipinski definition) is 5. The second kappa shape index (κ2) is 9.74. The monoisotopic (exact) mass is 519 g/mol. The lowest BCUT2D eigenvalue weighted by atomic mass is 10.1. The maximum Gasteiger partial charge on any atom is 0.326 e. The standard InChI is InChI=1S/C25H26FN9O3/c26-17-10-14(24(37)34-8-1-6-27-7-9-34)2-5-18(17)30-20-12-21(29-16-3-4-16)35-22(32-20)15(13-28-35)11-19-23(36)33-25(38)31-19/h2,5,10-13,16,27,29H,1,3-4,6-9H2,(H,30,32)(H2,31,33,36,38)/b19-11-. The first-order chi connectivity index (χ1) is 18.4. The van der Waals surface area contributed by atoms with Crippen LogP contribution in [0.1, 0.15) is 35.2 Å². The molecule has 4 amide bonds. The van der Waals surface area contributed by atoms with E-state index in [0.29, 0.717) is 48.5 Å². The van der Waals surface area contributed by atoms with Gasteiger partial charge in [-0.25, -0.2) is 14.2 Å². The molecule has 0 spiro atoms. The lowest BCUT2D eigenvalue weighted by molar-refractivity contribution is -0.115. The topological polar surface area (TPSA) is 145 Å². The largest absolute Gasteiger partial charge is 0.367 e. The highest BCUT2D eigenvalue weighted by molar-refractivity contribution is 6.14. The van der Waals surface area contributed by atoms with E-state index in [4.69, 9.17) is 0 Å². The molecule has 1 aliphatic carbocycles. The van der Waals surface area contributed by atoms with Crippen molar-refractivity contribution >= 4 is 46.9 Å². The van der Waals surface area contributed by atoms with Crippen molar-refractivity contribution in [3.05, 3.63) is 53.1 Å². The second-order valence-corrected chi connectivity index (χ2v) is 9.46. The van der Waals surface area contributed by atoms with Gasteiger partial charge in [0.2, 0.25) is 0 Å². The van der Waals surface area contributed by atoms with Gasteiger partial charge >= 0.3 is 6.03 Å². The van der Waals surface area contributed by atoms with Gasteiger partial charge in [0.25, 0.3) is 11.8 Å². The predicted octanol–water partition coefficient (Wildman–Crippen LogP) is 1.80. The number of imide groups is 1. The number of carbonyl (C=O) groups excluding carboxylic acids is 3. The summed E-state index contributed by atoms with van der Waals surface area (Å²) in [5.41, 5.74) is 1.43. The number of halogens is 1. The number of nitrogens with zero attached hydrogens (tertiary/aromatic N) is 4. The summed E-state index contributed by atoms with van der Waals surface area (Å²) in [6.45, 7) is 2.77. The van der Waals surface area contributed by atoms with Crippen molar-refractivity contribution < 1.29 is 18.8 Å². The molecule has 12 nitrogen and oxygen atoms in total. The maximum absolute atomic E-state index is 15.1. The Morgan fingerprint density at radius 1 is 1.13 bits per heavy atom. The van der Waals surface area contributed by atoms with Crippen LogP contribution in [0.5, 0.6) is 0 Å². The summed E-state index contributed by atoms with van der Waals surface area (Å²) in [5.74, 6) is -0.338. The molecule has 2 aromatic heterocycles. The fourth-order valence-electron chi connectivity index (χ4n) is 4.44. The fourth-order valence-corrected chi connectivity index (χ4v) is 4.44. The van der Waals surface area contributed by atoms with E-state index in [9.17, 15) is 14.4 Å². The number of urea groups is 1. The van der Waals surface area contributed by atoms with Crippen LogP contribution in [0.2, 0.25) is 0 Å². The summed E-state index contributed by atoms with van der Waals surface area (Å²) >= 11 is 0. The minimum absolute atomic E-state index is 0.0771. The molecule has 196 valence electrons. The smallest absolute Gasteiger partial charge is 0.326 e. The fraction of sp³-hybridized carbons (Fsp3) is 0.320. The van der Waals surface area contributed by atoms with Crippen molar-refractivity contribution in [2.45, 2.75) is 25.3 Å². The Kier molecular flexibility index (Phi) is 6.12. The Labute approximate surface area is 216 Å². The van der Waals surface area contributed by atoms with Gasteiger partial charge in [0.15, 0.2) is 5.65 Å². The lowest BCUT2D eigenvalue weighted by Crippen LogP contribution is -2.34. The van der Waals surface area contributed by atoms with Crippen LogP contribution < -0.4 is 26.6 Å². The number of rotatable bonds is 6. The molecule has 38 heavy (non-hydrogen) atoms. The normalized spacial score (nSPS) is 18.9. The number of anilines is 3. The number of aromatic nitrogens is 3. The van der Waals surface area contributed by atoms with E-state index in [1.807, 2.05) is 0 Å². The van der Waals surface area contributed by atoms with E-state index >= 15 is 4.39 Å². The van der Waals surface area contributed by atoms with Crippen molar-refractivity contribution in [1.82, 2.24) is 35.4 Å². The quantitative estimate of drug-likeness (QED) is 0.245. The Balaban J connectivity index is 1.30. The van der Waals surface area contributed by atoms with Crippen LogP contribution in [0.3, 0.4) is 0 Å². The Morgan fingerprint density at radius 3 is 2.76 bits per heavy atom. The number of nitrogens with one attached hydrogen (secondary N) is 5. The molecule has 1 aromatic carbocycles. The highest BCUT2D eigenvalue weighted by atomic mass is 19.1. The summed E-state index contributed by atoms with van der Waals surface area (Å²) in [5, 5.41) is 18.6. The molecule has 1 saturated carbocycles. The molecule has 6 rings (SSSR count). The van der Waals surface area contributed by atoms with E-state index in [1.54, 1.807) is 21.5 Å². The zero-order valence-electron chi connectivity index (χ0n) is 20.4. The molecule has 13 heteroatoms. The van der Waals surface area contributed by atoms with Gasteiger partial charge in [0, 0.05) is 42.9 Å². The van der Waals surface area contributed by atoms with E-state index in [2.05, 4.69) is 36.7 Å². The van der Waals surface area contributed by atoms with Gasteiger partial charge in [-0.05, 0) is 50.1 Å². The van der Waals surface area contributed by atoms with Crippen molar-refractivity contribution in [3.8, 4) is 0 Å². The number of hydrogen-bond acceptors (Lipinski definition) is 8. The van der Waals surface area contributed by atoms with Crippen LogP contribution in [-0.4, -0.2) is 69.6 Å². The van der Waals surface area contributed by atoms with E-state index in [0.717, 1.165) is 25.8 Å². The van der Waals surface area contributed by atoms with Gasteiger partial charge in [-0.15, -0.1) is 0 Å². The van der Waals surface area contributed by atoms with Gasteiger partial charge < -0.3 is 26.2 Å². The number of amides is 4. The summed E-state index contributed by atoms with van der Waals surface area (Å²) < 4.78 is 16.7. The van der Waals surface area contributed by atoms with Crippen molar-refractivity contribution in [3.63, 3.8) is 0 Å². The summed E-state index contributed by atoms with van der Waals surface area (Å²) in [4.78, 5) is 42.7. The van der Waals surface area contributed by atoms with Gasteiger partial charge in [0.1, 0.15) is 23.1 Å². The molecule has 4 heterocycles. The van der Waals surface area contributed by atoms with Crippen LogP contribution in [0.25, 0.3) is 11.7 Å². The Morgan fingerprint density at radius 2 is 2.00 bits per heavy atom. The summed E-state index contributed by atoms with van der Waals surface area (Å²) in [6, 6.07) is 5.79. The van der Waals surface area contributed by atoms with Gasteiger partial charge in [0.05, 0.1) is 11.9 Å². The summed E-state index contributed by atoms with van der Waals surface area (Å²) in [7, 11) is 0. The first-order valence-corrected chi connectivity index (χ1v) is 12.5.